The van der Waals surface area contributed by atoms with Crippen molar-refractivity contribution in [1.29, 1.82) is 0 Å². The van der Waals surface area contributed by atoms with Crippen LogP contribution < -0.4 is 0 Å². The molecule has 17 heavy (non-hydrogen) atoms. The van der Waals surface area contributed by atoms with E-state index in [1.165, 1.54) is 0 Å². The summed E-state index contributed by atoms with van der Waals surface area (Å²) in [5.41, 5.74) is 1.76. The summed E-state index contributed by atoms with van der Waals surface area (Å²) >= 11 is 3.38. The lowest BCUT2D eigenvalue weighted by atomic mass is 10.1. The van der Waals surface area contributed by atoms with Crippen LogP contribution in [0.25, 0.3) is 11.4 Å². The highest BCUT2D eigenvalue weighted by Crippen LogP contribution is 2.24. The Morgan fingerprint density at radius 1 is 1.41 bits per heavy atom. The van der Waals surface area contributed by atoms with E-state index in [0.29, 0.717) is 5.56 Å². The maximum Gasteiger partial charge on any atom is 0.296 e. The van der Waals surface area contributed by atoms with Gasteiger partial charge in [0.15, 0.2) is 5.82 Å². The number of H-pyrrole nitrogens is 1. The molecule has 8 heteroatoms. The molecule has 0 fully saturated rings. The molecule has 1 aromatic heterocycles. The summed E-state index contributed by atoms with van der Waals surface area (Å²) in [6.07, 6.45) is 0. The van der Waals surface area contributed by atoms with Crippen molar-refractivity contribution < 1.29 is 8.42 Å². The van der Waals surface area contributed by atoms with Gasteiger partial charge in [-0.1, -0.05) is 28.1 Å². The Hall–Kier alpha value is -0.920. The van der Waals surface area contributed by atoms with Crippen LogP contribution in [-0.2, 0) is 9.05 Å². The van der Waals surface area contributed by atoms with E-state index in [9.17, 15) is 8.42 Å². The molecule has 0 aliphatic heterocycles. The van der Waals surface area contributed by atoms with E-state index in [1.54, 1.807) is 6.07 Å². The molecule has 2 rings (SSSR count). The Morgan fingerprint density at radius 3 is 2.65 bits per heavy atom. The first-order valence-corrected chi connectivity index (χ1v) is 7.62. The molecule has 1 aromatic carbocycles. The number of hydrogen-bond acceptors (Lipinski definition) is 4. The third kappa shape index (κ3) is 2.67. The lowest BCUT2D eigenvalue weighted by molar-refractivity contribution is 0.602. The summed E-state index contributed by atoms with van der Waals surface area (Å²) in [5, 5.41) is 5.73. The number of nitrogens with one attached hydrogen (secondary N) is 1. The molecule has 0 aliphatic rings. The van der Waals surface area contributed by atoms with Gasteiger partial charge in [-0.15, -0.1) is 0 Å². The van der Waals surface area contributed by atoms with Crippen molar-refractivity contribution in [1.82, 2.24) is 15.2 Å². The molecule has 90 valence electrons. The monoisotopic (exact) mass is 335 g/mol. The van der Waals surface area contributed by atoms with Gasteiger partial charge in [0.2, 0.25) is 0 Å². The van der Waals surface area contributed by atoms with Crippen LogP contribution in [0.4, 0.5) is 0 Å². The largest absolute Gasteiger partial charge is 0.296 e. The quantitative estimate of drug-likeness (QED) is 0.855. The van der Waals surface area contributed by atoms with Gasteiger partial charge < -0.3 is 0 Å². The van der Waals surface area contributed by atoms with E-state index in [0.717, 1.165) is 10.0 Å². The normalized spacial score (nSPS) is 11.7. The van der Waals surface area contributed by atoms with Crippen LogP contribution in [0.5, 0.6) is 0 Å². The van der Waals surface area contributed by atoms with Crippen molar-refractivity contribution >= 4 is 35.7 Å². The molecule has 2 aromatic rings. The molecule has 1 heterocycles. The van der Waals surface area contributed by atoms with Crippen LogP contribution in [0, 0.1) is 6.92 Å². The zero-order valence-electron chi connectivity index (χ0n) is 8.61. The molecule has 1 N–H and O–H groups in total. The Bertz CT molecular complexity index is 669. The Balaban J connectivity index is 2.47. The SMILES string of the molecule is Cc1ccc(-c2n[nH]c(S(=O)(=O)Cl)n2)cc1Br. The molecular formula is C9H7BrClN3O2S. The summed E-state index contributed by atoms with van der Waals surface area (Å²) in [4.78, 5) is 3.82. The Kier molecular flexibility index (Phi) is 3.24. The standard InChI is InChI=1S/C9H7BrClN3O2S/c1-5-2-3-6(4-7(5)10)8-12-9(14-13-8)17(11,15)16/h2-4H,1H3,(H,12,13,14). The van der Waals surface area contributed by atoms with Gasteiger partial charge >= 0.3 is 0 Å². The van der Waals surface area contributed by atoms with E-state index in [2.05, 4.69) is 31.1 Å². The first-order valence-electron chi connectivity index (χ1n) is 4.51. The van der Waals surface area contributed by atoms with Crippen molar-refractivity contribution in [2.75, 3.05) is 0 Å². The van der Waals surface area contributed by atoms with Gasteiger partial charge in [-0.25, -0.2) is 13.5 Å². The fourth-order valence-electron chi connectivity index (χ4n) is 1.22. The van der Waals surface area contributed by atoms with Crippen LogP contribution in [0.2, 0.25) is 0 Å². The number of nitrogens with zero attached hydrogens (tertiary/aromatic N) is 2. The van der Waals surface area contributed by atoms with Crippen LogP contribution in [-0.4, -0.2) is 23.6 Å². The topological polar surface area (TPSA) is 75.7 Å². The summed E-state index contributed by atoms with van der Waals surface area (Å²) in [6.45, 7) is 1.94. The maximum atomic E-state index is 11.0. The number of benzene rings is 1. The lowest BCUT2D eigenvalue weighted by Gasteiger charge is -1.99. The molecular weight excluding hydrogens is 330 g/mol. The average Bonchev–Trinajstić information content (AvgIpc) is 2.70. The second-order valence-electron chi connectivity index (χ2n) is 3.37. The highest BCUT2D eigenvalue weighted by molar-refractivity contribution is 9.10. The van der Waals surface area contributed by atoms with Crippen molar-refractivity contribution in [3.63, 3.8) is 0 Å². The number of aromatic nitrogens is 3. The lowest BCUT2D eigenvalue weighted by Crippen LogP contribution is -1.92. The van der Waals surface area contributed by atoms with Gasteiger partial charge in [-0.3, -0.25) is 0 Å². The van der Waals surface area contributed by atoms with E-state index >= 15 is 0 Å². The van der Waals surface area contributed by atoms with Crippen molar-refractivity contribution in [3.8, 4) is 11.4 Å². The predicted molar refractivity (Wildman–Crippen MR) is 67.3 cm³/mol. The minimum atomic E-state index is -3.88. The smallest absolute Gasteiger partial charge is 0.248 e. The molecule has 0 atom stereocenters. The van der Waals surface area contributed by atoms with Crippen molar-refractivity contribution in [3.05, 3.63) is 28.2 Å². The molecule has 0 saturated carbocycles. The highest BCUT2D eigenvalue weighted by atomic mass is 79.9. The summed E-state index contributed by atoms with van der Waals surface area (Å²) in [5.74, 6) is 0.282. The number of hydrogen-bond donors (Lipinski definition) is 1. The maximum absolute atomic E-state index is 11.0. The molecule has 0 amide bonds. The summed E-state index contributed by atoms with van der Waals surface area (Å²) < 4.78 is 22.9. The van der Waals surface area contributed by atoms with Crippen LogP contribution in [0.15, 0.2) is 27.8 Å². The zero-order valence-corrected chi connectivity index (χ0v) is 11.8. The minimum absolute atomic E-state index is 0.282. The van der Waals surface area contributed by atoms with Crippen molar-refractivity contribution in [2.24, 2.45) is 0 Å². The van der Waals surface area contributed by atoms with E-state index in [-0.39, 0.29) is 11.0 Å². The second kappa shape index (κ2) is 4.40. The van der Waals surface area contributed by atoms with Crippen LogP contribution in [0.1, 0.15) is 5.56 Å². The fourth-order valence-corrected chi connectivity index (χ4v) is 2.15. The summed E-state index contributed by atoms with van der Waals surface area (Å²) in [7, 11) is 1.27. The number of aromatic amines is 1. The minimum Gasteiger partial charge on any atom is -0.248 e. The van der Waals surface area contributed by atoms with Gasteiger partial charge in [0.1, 0.15) is 0 Å². The van der Waals surface area contributed by atoms with E-state index in [1.807, 2.05) is 19.1 Å². The van der Waals surface area contributed by atoms with Gasteiger partial charge in [0.05, 0.1) is 0 Å². The van der Waals surface area contributed by atoms with Gasteiger partial charge in [-0.05, 0) is 18.6 Å². The molecule has 0 radical (unpaired) electrons. The average molecular weight is 337 g/mol. The van der Waals surface area contributed by atoms with Gasteiger partial charge in [0, 0.05) is 20.7 Å². The molecule has 0 bridgehead atoms. The zero-order chi connectivity index (χ0) is 12.6. The van der Waals surface area contributed by atoms with E-state index in [4.69, 9.17) is 10.7 Å². The molecule has 0 saturated heterocycles. The second-order valence-corrected chi connectivity index (χ2v) is 6.70. The molecule has 0 aliphatic carbocycles. The van der Waals surface area contributed by atoms with Gasteiger partial charge in [0.25, 0.3) is 14.2 Å². The molecule has 5 nitrogen and oxygen atoms in total. The third-order valence-electron chi connectivity index (χ3n) is 2.13. The Morgan fingerprint density at radius 2 is 2.12 bits per heavy atom. The van der Waals surface area contributed by atoms with Crippen LogP contribution >= 0.6 is 26.6 Å². The number of halogens is 2. The first-order chi connectivity index (χ1) is 7.88. The Labute approximate surface area is 111 Å². The predicted octanol–water partition coefficient (Wildman–Crippen LogP) is 2.47. The third-order valence-corrected chi connectivity index (χ3v) is 4.06. The van der Waals surface area contributed by atoms with Crippen molar-refractivity contribution in [2.45, 2.75) is 12.1 Å². The van der Waals surface area contributed by atoms with Gasteiger partial charge in [-0.2, -0.15) is 10.1 Å². The number of aryl methyl sites for hydroxylation is 1. The number of rotatable bonds is 2. The first kappa shape index (κ1) is 12.5. The van der Waals surface area contributed by atoms with Crippen LogP contribution in [0.3, 0.4) is 0 Å². The molecule has 0 unspecified atom stereocenters. The summed E-state index contributed by atoms with van der Waals surface area (Å²) in [6, 6.07) is 5.49. The molecule has 0 spiro atoms. The fraction of sp³-hybridized carbons (Fsp3) is 0.111. The van der Waals surface area contributed by atoms with E-state index < -0.39 is 9.05 Å². The highest BCUT2D eigenvalue weighted by Gasteiger charge is 2.16.